The number of halogens is 1. The lowest BCUT2D eigenvalue weighted by molar-refractivity contribution is 0.0717. The number of nitrogens with one attached hydrogen (secondary N) is 1. The topological polar surface area (TPSA) is 71.3 Å². The van der Waals surface area contributed by atoms with Gasteiger partial charge in [0.15, 0.2) is 0 Å². The minimum atomic E-state index is -0.314. The van der Waals surface area contributed by atoms with Crippen LogP contribution in [-0.4, -0.2) is 39.9 Å². The van der Waals surface area contributed by atoms with Gasteiger partial charge in [0, 0.05) is 24.5 Å². The van der Waals surface area contributed by atoms with Crippen LogP contribution in [0.4, 0.5) is 10.2 Å². The molecule has 2 aromatic heterocycles. The Morgan fingerprint density at radius 1 is 1.24 bits per heavy atom. The van der Waals surface area contributed by atoms with Crippen LogP contribution >= 0.6 is 0 Å². The largest absolute Gasteiger partial charge is 0.472 e. The van der Waals surface area contributed by atoms with Gasteiger partial charge in [-0.05, 0) is 37.1 Å². The average molecular weight is 340 g/mol. The Balaban J connectivity index is 1.44. The van der Waals surface area contributed by atoms with Gasteiger partial charge in [-0.15, -0.1) is 0 Å². The second-order valence-electron chi connectivity index (χ2n) is 6.11. The minimum Gasteiger partial charge on any atom is -0.472 e. The molecule has 0 saturated carbocycles. The molecule has 4 rings (SSSR count). The molecule has 1 saturated heterocycles. The first-order chi connectivity index (χ1) is 12.2. The van der Waals surface area contributed by atoms with Crippen LogP contribution in [0.2, 0.25) is 0 Å². The Kier molecular flexibility index (Phi) is 4.05. The molecular formula is C18H17FN4O2. The van der Waals surface area contributed by atoms with Crippen molar-refractivity contribution in [3.8, 4) is 0 Å². The summed E-state index contributed by atoms with van der Waals surface area (Å²) in [7, 11) is 0. The second kappa shape index (κ2) is 6.51. The third-order valence-electron chi connectivity index (χ3n) is 4.49. The third kappa shape index (κ3) is 3.17. The molecule has 25 heavy (non-hydrogen) atoms. The number of hydrogen-bond donors (Lipinski definition) is 1. The number of likely N-dealkylation sites (tertiary alicyclic amines) is 1. The Morgan fingerprint density at radius 2 is 2.08 bits per heavy atom. The summed E-state index contributed by atoms with van der Waals surface area (Å²) in [6.07, 6.45) is 6.03. The summed E-state index contributed by atoms with van der Waals surface area (Å²) in [5.41, 5.74) is 1.27. The lowest BCUT2D eigenvalue weighted by atomic mass is 10.0. The number of anilines is 1. The Labute approximate surface area is 143 Å². The Hall–Kier alpha value is -2.96. The maximum absolute atomic E-state index is 13.5. The van der Waals surface area contributed by atoms with Gasteiger partial charge in [0.25, 0.3) is 5.91 Å². The molecule has 1 fully saturated rings. The van der Waals surface area contributed by atoms with E-state index in [9.17, 15) is 9.18 Å². The molecule has 7 heteroatoms. The van der Waals surface area contributed by atoms with Crippen molar-refractivity contribution in [3.05, 3.63) is 54.5 Å². The molecular weight excluding hydrogens is 323 g/mol. The summed E-state index contributed by atoms with van der Waals surface area (Å²) in [6.45, 7) is 1.30. The van der Waals surface area contributed by atoms with Gasteiger partial charge in [-0.1, -0.05) is 0 Å². The molecule has 1 aliphatic heterocycles. The van der Waals surface area contributed by atoms with Crippen LogP contribution in [0.5, 0.6) is 0 Å². The minimum absolute atomic E-state index is 0.0123. The van der Waals surface area contributed by atoms with E-state index in [0.717, 1.165) is 12.8 Å². The molecule has 6 nitrogen and oxygen atoms in total. The van der Waals surface area contributed by atoms with Crippen LogP contribution in [0.25, 0.3) is 10.9 Å². The smallest absolute Gasteiger partial charge is 0.257 e. The van der Waals surface area contributed by atoms with E-state index < -0.39 is 0 Å². The number of fused-ring (bicyclic) bond motifs is 1. The van der Waals surface area contributed by atoms with E-state index in [1.54, 1.807) is 12.1 Å². The van der Waals surface area contributed by atoms with Gasteiger partial charge in [-0.3, -0.25) is 4.79 Å². The van der Waals surface area contributed by atoms with Gasteiger partial charge >= 0.3 is 0 Å². The number of furan rings is 1. The maximum atomic E-state index is 13.5. The summed E-state index contributed by atoms with van der Waals surface area (Å²) in [5, 5.41) is 4.04. The number of hydrogen-bond acceptors (Lipinski definition) is 5. The quantitative estimate of drug-likeness (QED) is 0.793. The number of aromatic nitrogens is 2. The van der Waals surface area contributed by atoms with Gasteiger partial charge in [0.2, 0.25) is 0 Å². The van der Waals surface area contributed by atoms with Crippen molar-refractivity contribution < 1.29 is 13.6 Å². The van der Waals surface area contributed by atoms with Gasteiger partial charge in [0.1, 0.15) is 24.2 Å². The Bertz CT molecular complexity index is 889. The third-order valence-corrected chi connectivity index (χ3v) is 4.49. The highest BCUT2D eigenvalue weighted by Gasteiger charge is 2.24. The summed E-state index contributed by atoms with van der Waals surface area (Å²) >= 11 is 0. The maximum Gasteiger partial charge on any atom is 0.257 e. The van der Waals surface area contributed by atoms with Crippen molar-refractivity contribution >= 4 is 22.6 Å². The summed E-state index contributed by atoms with van der Waals surface area (Å²) in [6, 6.07) is 6.32. The fourth-order valence-electron chi connectivity index (χ4n) is 3.13. The molecule has 3 heterocycles. The zero-order valence-corrected chi connectivity index (χ0v) is 13.5. The van der Waals surface area contributed by atoms with Crippen LogP contribution < -0.4 is 5.32 Å². The first-order valence-electron chi connectivity index (χ1n) is 8.19. The number of piperidine rings is 1. The van der Waals surface area contributed by atoms with Crippen LogP contribution in [0, 0.1) is 5.82 Å². The van der Waals surface area contributed by atoms with Crippen LogP contribution in [-0.2, 0) is 0 Å². The van der Waals surface area contributed by atoms with Crippen LogP contribution in [0.1, 0.15) is 23.2 Å². The van der Waals surface area contributed by atoms with E-state index in [4.69, 9.17) is 4.42 Å². The molecule has 128 valence electrons. The second-order valence-corrected chi connectivity index (χ2v) is 6.11. The molecule has 3 aromatic rings. The van der Waals surface area contributed by atoms with Gasteiger partial charge in [-0.2, -0.15) is 0 Å². The SMILES string of the molecule is O=C(c1ccoc1)N1CCC(Nc2ncnc3ccc(F)cc23)CC1. The van der Waals surface area contributed by atoms with Crippen LogP contribution in [0.15, 0.2) is 47.5 Å². The predicted molar refractivity (Wildman–Crippen MR) is 90.8 cm³/mol. The molecule has 1 amide bonds. The van der Waals surface area contributed by atoms with Gasteiger partial charge in [-0.25, -0.2) is 14.4 Å². The van der Waals surface area contributed by atoms with Crippen molar-refractivity contribution in [1.82, 2.24) is 14.9 Å². The fourth-order valence-corrected chi connectivity index (χ4v) is 3.13. The number of amides is 1. The first-order valence-corrected chi connectivity index (χ1v) is 8.19. The molecule has 0 atom stereocenters. The normalized spacial score (nSPS) is 15.5. The number of carbonyl (C=O) groups excluding carboxylic acids is 1. The number of carbonyl (C=O) groups is 1. The number of benzene rings is 1. The molecule has 0 bridgehead atoms. The van der Waals surface area contributed by atoms with Crippen molar-refractivity contribution in [2.45, 2.75) is 18.9 Å². The molecule has 0 radical (unpaired) electrons. The highest BCUT2D eigenvalue weighted by Crippen LogP contribution is 2.23. The highest BCUT2D eigenvalue weighted by molar-refractivity contribution is 5.94. The lowest BCUT2D eigenvalue weighted by Gasteiger charge is -2.32. The lowest BCUT2D eigenvalue weighted by Crippen LogP contribution is -2.42. The van der Waals surface area contributed by atoms with Gasteiger partial charge < -0.3 is 14.6 Å². The predicted octanol–water partition coefficient (Wildman–Crippen LogP) is 3.08. The van der Waals surface area contributed by atoms with E-state index in [2.05, 4.69) is 15.3 Å². The molecule has 1 aromatic carbocycles. The van der Waals surface area contributed by atoms with E-state index >= 15 is 0 Å². The first kappa shape index (κ1) is 15.6. The molecule has 0 spiro atoms. The summed E-state index contributed by atoms with van der Waals surface area (Å²) < 4.78 is 18.5. The standard InChI is InChI=1S/C18H17FN4O2/c19-13-1-2-16-15(9-13)17(21-11-20-16)22-14-3-6-23(7-4-14)18(24)12-5-8-25-10-12/h1-2,5,8-11,14H,3-4,6-7H2,(H,20,21,22). The average Bonchev–Trinajstić information content (AvgIpc) is 3.17. The van der Waals surface area contributed by atoms with E-state index in [-0.39, 0.29) is 17.8 Å². The van der Waals surface area contributed by atoms with Crippen molar-refractivity contribution in [3.63, 3.8) is 0 Å². The molecule has 1 N–H and O–H groups in total. The van der Waals surface area contributed by atoms with Crippen molar-refractivity contribution in [1.29, 1.82) is 0 Å². The zero-order chi connectivity index (χ0) is 17.2. The Morgan fingerprint density at radius 3 is 2.84 bits per heavy atom. The monoisotopic (exact) mass is 340 g/mol. The fraction of sp³-hybridized carbons (Fsp3) is 0.278. The van der Waals surface area contributed by atoms with E-state index in [0.29, 0.717) is 35.4 Å². The van der Waals surface area contributed by atoms with E-state index in [1.807, 2.05) is 4.90 Å². The van der Waals surface area contributed by atoms with Crippen molar-refractivity contribution in [2.24, 2.45) is 0 Å². The molecule has 0 aliphatic carbocycles. The number of nitrogens with zero attached hydrogens (tertiary/aromatic N) is 3. The van der Waals surface area contributed by atoms with Crippen molar-refractivity contribution in [2.75, 3.05) is 18.4 Å². The molecule has 0 unspecified atom stereocenters. The van der Waals surface area contributed by atoms with E-state index in [1.165, 1.54) is 31.0 Å². The van der Waals surface area contributed by atoms with Crippen LogP contribution in [0.3, 0.4) is 0 Å². The zero-order valence-electron chi connectivity index (χ0n) is 13.5. The molecule has 1 aliphatic rings. The summed E-state index contributed by atoms with van der Waals surface area (Å²) in [5.74, 6) is 0.303. The number of rotatable bonds is 3. The highest BCUT2D eigenvalue weighted by atomic mass is 19.1. The summed E-state index contributed by atoms with van der Waals surface area (Å²) in [4.78, 5) is 22.6. The van der Waals surface area contributed by atoms with Gasteiger partial charge in [0.05, 0.1) is 17.3 Å².